The van der Waals surface area contributed by atoms with Crippen molar-refractivity contribution in [1.82, 2.24) is 4.98 Å². The lowest BCUT2D eigenvalue weighted by molar-refractivity contribution is 0.103. The van der Waals surface area contributed by atoms with Crippen molar-refractivity contribution in [3.63, 3.8) is 0 Å². The number of halogens is 3. The minimum atomic E-state index is -3.82. The van der Waals surface area contributed by atoms with Gasteiger partial charge in [0.1, 0.15) is 5.52 Å². The maximum absolute atomic E-state index is 14.3. The van der Waals surface area contributed by atoms with E-state index in [1.807, 2.05) is 0 Å². The molecule has 6 nitrogen and oxygen atoms in total. The third-order valence-corrected chi connectivity index (χ3v) is 5.58. The summed E-state index contributed by atoms with van der Waals surface area (Å²) >= 11 is 6.04. The zero-order chi connectivity index (χ0) is 19.8. The molecule has 0 bridgehead atoms. The maximum Gasteiger partial charge on any atom is 0.232 e. The topological polar surface area (TPSA) is 89.3 Å². The molecule has 1 aromatic heterocycles. The zero-order valence-electron chi connectivity index (χ0n) is 13.9. The van der Waals surface area contributed by atoms with Crippen LogP contribution in [-0.2, 0) is 10.0 Å². The van der Waals surface area contributed by atoms with Gasteiger partial charge in [0, 0.05) is 11.6 Å². The van der Waals surface area contributed by atoms with Gasteiger partial charge in [-0.2, -0.15) is 0 Å². The van der Waals surface area contributed by atoms with Gasteiger partial charge in [0.2, 0.25) is 10.0 Å². The second-order valence-corrected chi connectivity index (χ2v) is 7.91. The Hall–Kier alpha value is -2.52. The number of sulfonamides is 1. The standard InChI is InChI=1S/C17H13ClF2N2O4S/c1-2-5-27(24,25)22-12-7-10(19)16(20)14(15(12)18)17(23)9-3-4-11-13(6-9)26-8-21-11/h3-4,6-8,22H,2,5H2,1H3. The Balaban J connectivity index is 2.09. The Morgan fingerprint density at radius 1 is 1.30 bits per heavy atom. The predicted molar refractivity (Wildman–Crippen MR) is 96.5 cm³/mol. The summed E-state index contributed by atoms with van der Waals surface area (Å²) in [5.74, 6) is -4.04. The molecule has 0 aliphatic carbocycles. The van der Waals surface area contributed by atoms with Crippen molar-refractivity contribution < 1.29 is 26.4 Å². The average molecular weight is 415 g/mol. The summed E-state index contributed by atoms with van der Waals surface area (Å²) in [7, 11) is -3.82. The SMILES string of the molecule is CCCS(=O)(=O)Nc1cc(F)c(F)c(C(=O)c2ccc3ncoc3c2)c1Cl. The summed E-state index contributed by atoms with van der Waals surface area (Å²) in [6, 6.07) is 4.74. The van der Waals surface area contributed by atoms with Crippen LogP contribution in [0.15, 0.2) is 35.1 Å². The van der Waals surface area contributed by atoms with Crippen LogP contribution in [0.1, 0.15) is 29.3 Å². The zero-order valence-corrected chi connectivity index (χ0v) is 15.5. The average Bonchev–Trinajstić information content (AvgIpc) is 3.07. The highest BCUT2D eigenvalue weighted by Crippen LogP contribution is 2.33. The van der Waals surface area contributed by atoms with Crippen molar-refractivity contribution in [2.45, 2.75) is 13.3 Å². The summed E-state index contributed by atoms with van der Waals surface area (Å²) in [6.45, 7) is 1.64. The van der Waals surface area contributed by atoms with E-state index in [9.17, 15) is 22.0 Å². The molecule has 27 heavy (non-hydrogen) atoms. The van der Waals surface area contributed by atoms with Crippen molar-refractivity contribution in [3.05, 3.63) is 58.4 Å². The van der Waals surface area contributed by atoms with Crippen LogP contribution in [0, 0.1) is 11.6 Å². The molecule has 0 amide bonds. The van der Waals surface area contributed by atoms with Gasteiger partial charge < -0.3 is 4.42 Å². The van der Waals surface area contributed by atoms with Gasteiger partial charge in [-0.25, -0.2) is 22.2 Å². The number of oxazole rings is 1. The number of nitrogens with zero attached hydrogens (tertiary/aromatic N) is 1. The summed E-state index contributed by atoms with van der Waals surface area (Å²) < 4.78 is 59.4. The fourth-order valence-corrected chi connectivity index (χ4v) is 3.97. The molecule has 10 heteroatoms. The van der Waals surface area contributed by atoms with Crippen LogP contribution < -0.4 is 4.72 Å². The van der Waals surface area contributed by atoms with Crippen LogP contribution in [0.4, 0.5) is 14.5 Å². The number of hydrogen-bond donors (Lipinski definition) is 1. The van der Waals surface area contributed by atoms with Crippen molar-refractivity contribution in [2.24, 2.45) is 0 Å². The third kappa shape index (κ3) is 3.79. The van der Waals surface area contributed by atoms with Crippen molar-refractivity contribution >= 4 is 44.2 Å². The summed E-state index contributed by atoms with van der Waals surface area (Å²) in [4.78, 5) is 16.6. The largest absolute Gasteiger partial charge is 0.443 e. The molecule has 0 atom stereocenters. The molecule has 0 saturated carbocycles. The number of benzene rings is 2. The van der Waals surface area contributed by atoms with E-state index in [0.29, 0.717) is 18.0 Å². The van der Waals surface area contributed by atoms with Crippen LogP contribution in [-0.4, -0.2) is 24.9 Å². The Morgan fingerprint density at radius 2 is 2.04 bits per heavy atom. The van der Waals surface area contributed by atoms with Gasteiger partial charge in [0.15, 0.2) is 29.4 Å². The first-order valence-electron chi connectivity index (χ1n) is 7.79. The number of anilines is 1. The van der Waals surface area contributed by atoms with E-state index >= 15 is 0 Å². The highest BCUT2D eigenvalue weighted by molar-refractivity contribution is 7.92. The molecule has 2 aromatic carbocycles. The minimum Gasteiger partial charge on any atom is -0.443 e. The van der Waals surface area contributed by atoms with Crippen LogP contribution in [0.25, 0.3) is 11.1 Å². The Kier molecular flexibility index (Phi) is 5.16. The lowest BCUT2D eigenvalue weighted by atomic mass is 10.0. The van der Waals surface area contributed by atoms with Crippen LogP contribution >= 0.6 is 11.6 Å². The van der Waals surface area contributed by atoms with E-state index in [-0.39, 0.29) is 16.9 Å². The first kappa shape index (κ1) is 19.2. The molecule has 1 N–H and O–H groups in total. The number of carbonyl (C=O) groups excluding carboxylic acids is 1. The molecular weight excluding hydrogens is 402 g/mol. The van der Waals surface area contributed by atoms with E-state index in [0.717, 1.165) is 0 Å². The van der Waals surface area contributed by atoms with Crippen LogP contribution in [0.2, 0.25) is 5.02 Å². The van der Waals surface area contributed by atoms with Gasteiger partial charge in [0.25, 0.3) is 0 Å². The van der Waals surface area contributed by atoms with Gasteiger partial charge >= 0.3 is 0 Å². The van der Waals surface area contributed by atoms with Crippen molar-refractivity contribution in [1.29, 1.82) is 0 Å². The summed E-state index contributed by atoms with van der Waals surface area (Å²) in [6.07, 6.45) is 1.48. The summed E-state index contributed by atoms with van der Waals surface area (Å²) in [5.41, 5.74) is -0.450. The third-order valence-electron chi connectivity index (χ3n) is 3.72. The lowest BCUT2D eigenvalue weighted by Crippen LogP contribution is -2.18. The van der Waals surface area contributed by atoms with Gasteiger partial charge in [-0.05, 0) is 24.6 Å². The van der Waals surface area contributed by atoms with E-state index in [1.165, 1.54) is 24.6 Å². The quantitative estimate of drug-likeness (QED) is 0.483. The number of carbonyl (C=O) groups is 1. The van der Waals surface area contributed by atoms with E-state index in [2.05, 4.69) is 9.71 Å². The lowest BCUT2D eigenvalue weighted by Gasteiger charge is -2.13. The summed E-state index contributed by atoms with van der Waals surface area (Å²) in [5, 5.41) is -0.531. The fraction of sp³-hybridized carbons (Fsp3) is 0.176. The molecule has 3 aromatic rings. The van der Waals surface area contributed by atoms with Gasteiger partial charge in [-0.15, -0.1) is 0 Å². The van der Waals surface area contributed by atoms with Crippen LogP contribution in [0.5, 0.6) is 0 Å². The highest BCUT2D eigenvalue weighted by atomic mass is 35.5. The van der Waals surface area contributed by atoms with E-state index in [1.54, 1.807) is 6.92 Å². The second kappa shape index (κ2) is 7.24. The molecular formula is C17H13ClF2N2O4S. The molecule has 3 rings (SSSR count). The smallest absolute Gasteiger partial charge is 0.232 e. The molecule has 0 aliphatic rings. The number of ketones is 1. The molecule has 0 unspecified atom stereocenters. The second-order valence-electron chi connectivity index (χ2n) is 5.69. The van der Waals surface area contributed by atoms with Gasteiger partial charge in [-0.1, -0.05) is 18.5 Å². The molecule has 1 heterocycles. The van der Waals surface area contributed by atoms with Crippen molar-refractivity contribution in [2.75, 3.05) is 10.5 Å². The predicted octanol–water partition coefficient (Wildman–Crippen LogP) is 4.14. The number of nitrogens with one attached hydrogen (secondary N) is 1. The molecule has 0 spiro atoms. The highest BCUT2D eigenvalue weighted by Gasteiger charge is 2.26. The number of hydrogen-bond acceptors (Lipinski definition) is 5. The molecule has 0 aliphatic heterocycles. The fourth-order valence-electron chi connectivity index (χ4n) is 2.51. The normalized spacial score (nSPS) is 11.7. The monoisotopic (exact) mass is 414 g/mol. The molecule has 142 valence electrons. The Bertz CT molecular complexity index is 1150. The number of fused-ring (bicyclic) bond motifs is 1. The molecule has 0 radical (unpaired) electrons. The van der Waals surface area contributed by atoms with Gasteiger partial charge in [-0.3, -0.25) is 9.52 Å². The van der Waals surface area contributed by atoms with E-state index < -0.39 is 43.7 Å². The molecule has 0 saturated heterocycles. The number of rotatable bonds is 6. The van der Waals surface area contributed by atoms with Crippen LogP contribution in [0.3, 0.4) is 0 Å². The molecule has 0 fully saturated rings. The van der Waals surface area contributed by atoms with Crippen molar-refractivity contribution in [3.8, 4) is 0 Å². The minimum absolute atomic E-state index is 0.0204. The first-order chi connectivity index (χ1) is 12.7. The van der Waals surface area contributed by atoms with Gasteiger partial charge in [0.05, 0.1) is 22.0 Å². The first-order valence-corrected chi connectivity index (χ1v) is 9.82. The maximum atomic E-state index is 14.3. The Labute approximate surface area is 158 Å². The van der Waals surface area contributed by atoms with E-state index in [4.69, 9.17) is 16.0 Å². The Morgan fingerprint density at radius 3 is 2.74 bits per heavy atom. The number of aromatic nitrogens is 1.